The number of hydrogen-bond acceptors (Lipinski definition) is 4. The van der Waals surface area contributed by atoms with Crippen molar-refractivity contribution in [1.29, 1.82) is 0 Å². The van der Waals surface area contributed by atoms with E-state index in [0.717, 1.165) is 0 Å². The first-order valence-electron chi connectivity index (χ1n) is 6.93. The van der Waals surface area contributed by atoms with Gasteiger partial charge in [-0.25, -0.2) is 4.98 Å². The highest BCUT2D eigenvalue weighted by Gasteiger charge is 2.58. The standard InChI is InChI=1S/C14H21F3N2O2S/c1-9(2)5-6-19(4)11(20)7-13(21,14(15,16)17)12-18-10(3)8-22-12/h8-9,21H,5-7H2,1-4H3. The minimum absolute atomic E-state index is 0.332. The molecule has 1 aromatic heterocycles. The van der Waals surface area contributed by atoms with Gasteiger partial charge in [-0.1, -0.05) is 13.8 Å². The van der Waals surface area contributed by atoms with Crippen molar-refractivity contribution in [1.82, 2.24) is 9.88 Å². The lowest BCUT2D eigenvalue weighted by Gasteiger charge is -2.30. The number of halogens is 3. The molecule has 126 valence electrons. The van der Waals surface area contributed by atoms with Crippen molar-refractivity contribution >= 4 is 17.2 Å². The molecule has 0 spiro atoms. The van der Waals surface area contributed by atoms with Crippen LogP contribution in [0.2, 0.25) is 0 Å². The molecule has 0 fully saturated rings. The van der Waals surface area contributed by atoms with Gasteiger partial charge in [-0.15, -0.1) is 11.3 Å². The van der Waals surface area contributed by atoms with Crippen molar-refractivity contribution in [2.75, 3.05) is 13.6 Å². The Morgan fingerprint density at radius 3 is 2.45 bits per heavy atom. The maximum absolute atomic E-state index is 13.3. The lowest BCUT2D eigenvalue weighted by Crippen LogP contribution is -2.46. The van der Waals surface area contributed by atoms with Gasteiger partial charge in [0.1, 0.15) is 5.01 Å². The number of alkyl halides is 3. The maximum atomic E-state index is 13.3. The summed E-state index contributed by atoms with van der Waals surface area (Å²) in [5, 5.41) is 11.0. The molecule has 1 unspecified atom stereocenters. The lowest BCUT2D eigenvalue weighted by molar-refractivity contribution is -0.268. The van der Waals surface area contributed by atoms with Gasteiger partial charge in [0.25, 0.3) is 0 Å². The number of rotatable bonds is 6. The van der Waals surface area contributed by atoms with Crippen LogP contribution in [0.15, 0.2) is 5.38 Å². The highest BCUT2D eigenvalue weighted by molar-refractivity contribution is 7.09. The fraction of sp³-hybridized carbons (Fsp3) is 0.714. The lowest BCUT2D eigenvalue weighted by atomic mass is 9.98. The van der Waals surface area contributed by atoms with E-state index < -0.39 is 29.1 Å². The van der Waals surface area contributed by atoms with Gasteiger partial charge in [0.2, 0.25) is 11.5 Å². The number of aryl methyl sites for hydroxylation is 1. The van der Waals surface area contributed by atoms with Gasteiger partial charge in [-0.2, -0.15) is 13.2 Å². The zero-order valence-corrected chi connectivity index (χ0v) is 13.9. The number of carbonyl (C=O) groups excluding carboxylic acids is 1. The molecule has 1 aromatic rings. The first kappa shape index (κ1) is 18.9. The fourth-order valence-electron chi connectivity index (χ4n) is 1.77. The van der Waals surface area contributed by atoms with E-state index in [0.29, 0.717) is 35.9 Å². The van der Waals surface area contributed by atoms with Crippen LogP contribution < -0.4 is 0 Å². The van der Waals surface area contributed by atoms with E-state index in [1.54, 1.807) is 0 Å². The number of amides is 1. The molecule has 0 aromatic carbocycles. The molecular formula is C14H21F3N2O2S. The molecule has 22 heavy (non-hydrogen) atoms. The van der Waals surface area contributed by atoms with Crippen molar-refractivity contribution in [2.24, 2.45) is 5.92 Å². The van der Waals surface area contributed by atoms with Crippen molar-refractivity contribution < 1.29 is 23.1 Å². The molecule has 1 heterocycles. The van der Waals surface area contributed by atoms with Gasteiger partial charge in [-0.05, 0) is 19.3 Å². The van der Waals surface area contributed by atoms with Crippen LogP contribution in [0.1, 0.15) is 37.4 Å². The SMILES string of the molecule is Cc1csc(C(O)(CC(=O)N(C)CCC(C)C)C(F)(F)F)n1. The zero-order valence-electron chi connectivity index (χ0n) is 13.1. The van der Waals surface area contributed by atoms with E-state index in [1.165, 1.54) is 24.3 Å². The number of thiazole rings is 1. The summed E-state index contributed by atoms with van der Waals surface area (Å²) < 4.78 is 39.8. The predicted octanol–water partition coefficient (Wildman–Crippen LogP) is 3.10. The molecule has 0 aliphatic heterocycles. The van der Waals surface area contributed by atoms with Crippen LogP contribution in [-0.4, -0.2) is 40.7 Å². The van der Waals surface area contributed by atoms with Gasteiger partial charge >= 0.3 is 6.18 Å². The Morgan fingerprint density at radius 1 is 1.45 bits per heavy atom. The van der Waals surface area contributed by atoms with Gasteiger partial charge in [0, 0.05) is 24.7 Å². The molecule has 1 amide bonds. The first-order valence-corrected chi connectivity index (χ1v) is 7.81. The predicted molar refractivity (Wildman–Crippen MR) is 78.5 cm³/mol. The Hall–Kier alpha value is -1.15. The number of hydrogen-bond donors (Lipinski definition) is 1. The van der Waals surface area contributed by atoms with Gasteiger partial charge in [-0.3, -0.25) is 4.79 Å². The van der Waals surface area contributed by atoms with Gasteiger partial charge in [0.15, 0.2) is 0 Å². The topological polar surface area (TPSA) is 53.4 Å². The summed E-state index contributed by atoms with van der Waals surface area (Å²) in [6.07, 6.45) is -5.34. The van der Waals surface area contributed by atoms with E-state index >= 15 is 0 Å². The molecule has 0 saturated carbocycles. The highest BCUT2D eigenvalue weighted by atomic mass is 32.1. The van der Waals surface area contributed by atoms with Crippen LogP contribution in [0.25, 0.3) is 0 Å². The second kappa shape index (κ2) is 6.95. The van der Waals surface area contributed by atoms with E-state index in [2.05, 4.69) is 4.98 Å². The fourth-order valence-corrected chi connectivity index (χ4v) is 2.69. The van der Waals surface area contributed by atoms with Crippen LogP contribution in [0.4, 0.5) is 13.2 Å². The molecule has 0 aliphatic rings. The summed E-state index contributed by atoms with van der Waals surface area (Å²) in [7, 11) is 1.44. The molecule has 8 heteroatoms. The summed E-state index contributed by atoms with van der Waals surface area (Å²) >= 11 is 0.703. The second-order valence-corrected chi connectivity index (χ2v) is 6.68. The Morgan fingerprint density at radius 2 is 2.05 bits per heavy atom. The number of nitrogens with zero attached hydrogens (tertiary/aromatic N) is 2. The smallest absolute Gasteiger partial charge is 0.374 e. The number of aromatic nitrogens is 1. The average Bonchev–Trinajstić information content (AvgIpc) is 2.81. The van der Waals surface area contributed by atoms with Gasteiger partial charge < -0.3 is 10.0 Å². The molecule has 0 aliphatic carbocycles. The van der Waals surface area contributed by atoms with Crippen LogP contribution >= 0.6 is 11.3 Å². The van der Waals surface area contributed by atoms with E-state index in [9.17, 15) is 23.1 Å². The van der Waals surface area contributed by atoms with Crippen molar-refractivity contribution in [3.05, 3.63) is 16.1 Å². The minimum atomic E-state index is -4.97. The molecule has 0 bridgehead atoms. The van der Waals surface area contributed by atoms with Crippen molar-refractivity contribution in [2.45, 2.75) is 45.4 Å². The van der Waals surface area contributed by atoms with E-state index in [1.807, 2.05) is 13.8 Å². The Labute approximate surface area is 132 Å². The summed E-state index contributed by atoms with van der Waals surface area (Å²) in [5.74, 6) is -0.424. The zero-order chi connectivity index (χ0) is 17.1. The third-order valence-electron chi connectivity index (χ3n) is 3.32. The molecular weight excluding hydrogens is 317 g/mol. The Kier molecular flexibility index (Phi) is 5.97. The summed E-state index contributed by atoms with van der Waals surface area (Å²) in [6, 6.07) is 0. The van der Waals surface area contributed by atoms with Gasteiger partial charge in [0.05, 0.1) is 6.42 Å². The highest BCUT2D eigenvalue weighted by Crippen LogP contribution is 2.43. The van der Waals surface area contributed by atoms with Crippen LogP contribution in [0.3, 0.4) is 0 Å². The van der Waals surface area contributed by atoms with Crippen molar-refractivity contribution in [3.63, 3.8) is 0 Å². The summed E-state index contributed by atoms with van der Waals surface area (Å²) in [5.41, 5.74) is -2.86. The van der Waals surface area contributed by atoms with E-state index in [-0.39, 0.29) is 0 Å². The third kappa shape index (κ3) is 4.42. The Balaban J connectivity index is 2.93. The molecule has 0 saturated heterocycles. The van der Waals surface area contributed by atoms with Crippen LogP contribution in [0.5, 0.6) is 0 Å². The molecule has 1 rings (SSSR count). The largest absolute Gasteiger partial charge is 0.424 e. The molecule has 4 nitrogen and oxygen atoms in total. The number of carbonyl (C=O) groups is 1. The molecule has 1 N–H and O–H groups in total. The second-order valence-electron chi connectivity index (χ2n) is 5.83. The number of aliphatic hydroxyl groups is 1. The minimum Gasteiger partial charge on any atom is -0.374 e. The van der Waals surface area contributed by atoms with Crippen LogP contribution in [0, 0.1) is 12.8 Å². The third-order valence-corrected chi connectivity index (χ3v) is 4.43. The summed E-state index contributed by atoms with van der Waals surface area (Å²) in [6.45, 7) is 5.81. The normalized spacial score (nSPS) is 15.0. The quantitative estimate of drug-likeness (QED) is 0.867. The average molecular weight is 338 g/mol. The maximum Gasteiger partial charge on any atom is 0.424 e. The van der Waals surface area contributed by atoms with Crippen LogP contribution in [-0.2, 0) is 10.4 Å². The first-order chi connectivity index (χ1) is 9.97. The van der Waals surface area contributed by atoms with E-state index in [4.69, 9.17) is 0 Å². The monoisotopic (exact) mass is 338 g/mol. The van der Waals surface area contributed by atoms with Crippen molar-refractivity contribution in [3.8, 4) is 0 Å². The molecule has 1 atom stereocenters. The Bertz CT molecular complexity index is 516. The summed E-state index contributed by atoms with van der Waals surface area (Å²) in [4.78, 5) is 17.0. The molecule has 0 radical (unpaired) electrons.